The summed E-state index contributed by atoms with van der Waals surface area (Å²) in [6.45, 7) is 0. The fraction of sp³-hybridized carbons (Fsp3) is 0.0625. The van der Waals surface area contributed by atoms with Gasteiger partial charge in [-0.15, -0.1) is 18.3 Å². The number of carbonyl (C=O) groups excluding carboxylic acids is 1. The van der Waals surface area contributed by atoms with Gasteiger partial charge in [-0.3, -0.25) is 4.79 Å². The maximum atomic E-state index is 12.9. The molecule has 1 heterocycles. The van der Waals surface area contributed by atoms with Crippen LogP contribution in [0.4, 0.5) is 29.1 Å². The Labute approximate surface area is 149 Å². The summed E-state index contributed by atoms with van der Waals surface area (Å²) >= 11 is 0. The highest BCUT2D eigenvalue weighted by molar-refractivity contribution is 6.05. The third-order valence-corrected chi connectivity index (χ3v) is 3.34. The molecule has 0 spiro atoms. The summed E-state index contributed by atoms with van der Waals surface area (Å²) in [7, 11) is 0. The van der Waals surface area contributed by atoms with Crippen LogP contribution in [-0.2, 0) is 0 Å². The lowest BCUT2D eigenvalue weighted by Crippen LogP contribution is -2.17. The van der Waals surface area contributed by atoms with Crippen LogP contribution in [0, 0.1) is 5.82 Å². The molecule has 0 fully saturated rings. The number of halogens is 4. The SMILES string of the molecule is Nc1c(C(=O)Nc2ccc(F)cc2)nnn1-c1ccc(OC(F)(F)F)cc1. The molecular weight excluding hydrogens is 370 g/mol. The zero-order valence-corrected chi connectivity index (χ0v) is 13.4. The largest absolute Gasteiger partial charge is 0.573 e. The maximum Gasteiger partial charge on any atom is 0.573 e. The van der Waals surface area contributed by atoms with Gasteiger partial charge < -0.3 is 15.8 Å². The van der Waals surface area contributed by atoms with Gasteiger partial charge in [0.25, 0.3) is 5.91 Å². The van der Waals surface area contributed by atoms with Crippen molar-refractivity contribution in [3.63, 3.8) is 0 Å². The van der Waals surface area contributed by atoms with Crippen LogP contribution in [0.2, 0.25) is 0 Å². The maximum absolute atomic E-state index is 12.9. The van der Waals surface area contributed by atoms with Crippen molar-refractivity contribution >= 4 is 17.4 Å². The van der Waals surface area contributed by atoms with E-state index in [0.29, 0.717) is 5.69 Å². The highest BCUT2D eigenvalue weighted by Gasteiger charge is 2.31. The van der Waals surface area contributed by atoms with Crippen LogP contribution in [0.5, 0.6) is 5.75 Å². The van der Waals surface area contributed by atoms with Gasteiger partial charge in [0.05, 0.1) is 5.69 Å². The van der Waals surface area contributed by atoms with E-state index in [1.54, 1.807) is 0 Å². The van der Waals surface area contributed by atoms with E-state index < -0.39 is 23.8 Å². The number of hydrogen-bond donors (Lipinski definition) is 2. The Hall–Kier alpha value is -3.63. The van der Waals surface area contributed by atoms with Crippen LogP contribution in [0.15, 0.2) is 48.5 Å². The van der Waals surface area contributed by atoms with Crippen molar-refractivity contribution in [2.24, 2.45) is 0 Å². The Morgan fingerprint density at radius 1 is 1.07 bits per heavy atom. The lowest BCUT2D eigenvalue weighted by Gasteiger charge is -2.09. The number of anilines is 2. The van der Waals surface area contributed by atoms with Crippen LogP contribution < -0.4 is 15.8 Å². The molecule has 0 radical (unpaired) electrons. The number of nitrogen functional groups attached to an aromatic ring is 1. The molecule has 0 unspecified atom stereocenters. The number of hydrogen-bond acceptors (Lipinski definition) is 5. The van der Waals surface area contributed by atoms with E-state index >= 15 is 0 Å². The second kappa shape index (κ2) is 6.94. The monoisotopic (exact) mass is 381 g/mol. The predicted octanol–water partition coefficient (Wildman–Crippen LogP) is 3.14. The molecule has 0 aliphatic carbocycles. The minimum absolute atomic E-state index is 0.126. The molecule has 0 saturated heterocycles. The number of amides is 1. The Morgan fingerprint density at radius 3 is 2.30 bits per heavy atom. The highest BCUT2D eigenvalue weighted by atomic mass is 19.4. The fourth-order valence-corrected chi connectivity index (χ4v) is 2.15. The molecule has 3 rings (SSSR count). The van der Waals surface area contributed by atoms with Gasteiger partial charge in [-0.2, -0.15) is 4.68 Å². The quantitative estimate of drug-likeness (QED) is 0.677. The molecule has 7 nitrogen and oxygen atoms in total. The molecule has 3 aromatic rings. The van der Waals surface area contributed by atoms with Crippen molar-refractivity contribution in [1.82, 2.24) is 15.0 Å². The minimum Gasteiger partial charge on any atom is -0.406 e. The number of benzene rings is 2. The molecule has 11 heteroatoms. The van der Waals surface area contributed by atoms with Gasteiger partial charge in [0.15, 0.2) is 11.5 Å². The van der Waals surface area contributed by atoms with Crippen molar-refractivity contribution in [2.45, 2.75) is 6.36 Å². The number of carbonyl (C=O) groups is 1. The lowest BCUT2D eigenvalue weighted by molar-refractivity contribution is -0.274. The predicted molar refractivity (Wildman–Crippen MR) is 86.8 cm³/mol. The van der Waals surface area contributed by atoms with Crippen LogP contribution in [0.25, 0.3) is 5.69 Å². The Bertz CT molecular complexity index is 952. The van der Waals surface area contributed by atoms with E-state index in [4.69, 9.17) is 5.73 Å². The van der Waals surface area contributed by atoms with Crippen molar-refractivity contribution in [3.05, 3.63) is 60.0 Å². The van der Waals surface area contributed by atoms with E-state index in [9.17, 15) is 22.4 Å². The van der Waals surface area contributed by atoms with Crippen LogP contribution in [0.3, 0.4) is 0 Å². The molecule has 0 bridgehead atoms. The second-order valence-corrected chi connectivity index (χ2v) is 5.24. The molecule has 27 heavy (non-hydrogen) atoms. The van der Waals surface area contributed by atoms with Crippen LogP contribution in [0.1, 0.15) is 10.5 Å². The van der Waals surface area contributed by atoms with E-state index in [1.807, 2.05) is 0 Å². The third kappa shape index (κ3) is 4.32. The van der Waals surface area contributed by atoms with Crippen molar-refractivity contribution < 1.29 is 27.1 Å². The topological polar surface area (TPSA) is 95.1 Å². The standard InChI is InChI=1S/C16H11F4N5O2/c17-9-1-3-10(4-2-9)22-15(26)13-14(21)25(24-23-13)11-5-7-12(8-6-11)27-16(18,19)20/h1-8H,21H2,(H,22,26). The molecule has 0 aliphatic heterocycles. The van der Waals surface area contributed by atoms with Crippen LogP contribution >= 0.6 is 0 Å². The first kappa shape index (κ1) is 18.2. The summed E-state index contributed by atoms with van der Waals surface area (Å²) in [5, 5.41) is 9.88. The fourth-order valence-electron chi connectivity index (χ4n) is 2.15. The summed E-state index contributed by atoms with van der Waals surface area (Å²) < 4.78 is 54.3. The Balaban J connectivity index is 1.78. The van der Waals surface area contributed by atoms with E-state index in [1.165, 1.54) is 36.4 Å². The molecular formula is C16H11F4N5O2. The van der Waals surface area contributed by atoms with Crippen molar-refractivity contribution in [3.8, 4) is 11.4 Å². The van der Waals surface area contributed by atoms with Gasteiger partial charge in [0.1, 0.15) is 11.6 Å². The number of nitrogens with one attached hydrogen (secondary N) is 1. The van der Waals surface area contributed by atoms with Crippen LogP contribution in [-0.4, -0.2) is 27.3 Å². The smallest absolute Gasteiger partial charge is 0.406 e. The first-order valence-corrected chi connectivity index (χ1v) is 7.37. The van der Waals surface area contributed by atoms with Gasteiger partial charge in [0, 0.05) is 5.69 Å². The lowest BCUT2D eigenvalue weighted by atomic mass is 10.3. The zero-order valence-electron chi connectivity index (χ0n) is 13.4. The number of alkyl halides is 3. The summed E-state index contributed by atoms with van der Waals surface area (Å²) in [5.74, 6) is -1.68. The minimum atomic E-state index is -4.81. The summed E-state index contributed by atoms with van der Waals surface area (Å²) in [6, 6.07) is 9.73. The first-order chi connectivity index (χ1) is 12.7. The molecule has 0 saturated carbocycles. The molecule has 3 N–H and O–H groups in total. The average molecular weight is 381 g/mol. The molecule has 140 valence electrons. The number of rotatable bonds is 4. The van der Waals surface area contributed by atoms with Gasteiger partial charge in [0.2, 0.25) is 0 Å². The normalized spacial score (nSPS) is 11.3. The molecule has 2 aromatic carbocycles. The summed E-state index contributed by atoms with van der Waals surface area (Å²) in [4.78, 5) is 12.2. The van der Waals surface area contributed by atoms with E-state index in [0.717, 1.165) is 16.8 Å². The average Bonchev–Trinajstić information content (AvgIpc) is 2.98. The van der Waals surface area contributed by atoms with E-state index in [-0.39, 0.29) is 17.2 Å². The highest BCUT2D eigenvalue weighted by Crippen LogP contribution is 2.24. The molecule has 1 aromatic heterocycles. The Morgan fingerprint density at radius 2 is 1.70 bits per heavy atom. The third-order valence-electron chi connectivity index (χ3n) is 3.34. The van der Waals surface area contributed by atoms with Gasteiger partial charge in [-0.25, -0.2) is 4.39 Å². The zero-order chi connectivity index (χ0) is 19.6. The number of nitrogens with zero attached hydrogens (tertiary/aromatic N) is 3. The first-order valence-electron chi connectivity index (χ1n) is 7.37. The molecule has 1 amide bonds. The number of ether oxygens (including phenoxy) is 1. The van der Waals surface area contributed by atoms with Gasteiger partial charge in [-0.1, -0.05) is 5.21 Å². The molecule has 0 atom stereocenters. The summed E-state index contributed by atoms with van der Waals surface area (Å²) in [5.41, 5.74) is 6.26. The Kier molecular flexibility index (Phi) is 4.67. The molecule has 0 aliphatic rings. The number of nitrogens with two attached hydrogens (primary N) is 1. The van der Waals surface area contributed by atoms with Crippen molar-refractivity contribution in [2.75, 3.05) is 11.1 Å². The number of aromatic nitrogens is 3. The second-order valence-electron chi connectivity index (χ2n) is 5.24. The van der Waals surface area contributed by atoms with Crippen molar-refractivity contribution in [1.29, 1.82) is 0 Å². The van der Waals surface area contributed by atoms with Gasteiger partial charge >= 0.3 is 6.36 Å². The van der Waals surface area contributed by atoms with Gasteiger partial charge in [-0.05, 0) is 48.5 Å². The van der Waals surface area contributed by atoms with E-state index in [2.05, 4.69) is 20.4 Å². The summed E-state index contributed by atoms with van der Waals surface area (Å²) in [6.07, 6.45) is -4.81.